The lowest BCUT2D eigenvalue weighted by molar-refractivity contribution is 0.162. The highest BCUT2D eigenvalue weighted by Gasteiger charge is 2.15. The fourth-order valence-electron chi connectivity index (χ4n) is 2.28. The predicted molar refractivity (Wildman–Crippen MR) is 69.9 cm³/mol. The number of rotatable bonds is 3. The molecule has 0 radical (unpaired) electrons. The monoisotopic (exact) mass is 246 g/mol. The van der Waals surface area contributed by atoms with E-state index in [-0.39, 0.29) is 0 Å². The smallest absolute Gasteiger partial charge is 0.195 e. The molecule has 1 aliphatic heterocycles. The third-order valence-electron chi connectivity index (χ3n) is 3.30. The van der Waals surface area contributed by atoms with Gasteiger partial charge < -0.3 is 14.5 Å². The number of hydrogen-bond acceptors (Lipinski definition) is 4. The first kappa shape index (κ1) is 11.5. The molecule has 4 heteroatoms. The number of hydrogen-bond donors (Lipinski definition) is 1. The summed E-state index contributed by atoms with van der Waals surface area (Å²) in [6.45, 7) is 4.11. The Hall–Kier alpha value is -1.55. The zero-order chi connectivity index (χ0) is 12.4. The molecule has 1 saturated heterocycles. The van der Waals surface area contributed by atoms with Gasteiger partial charge in [-0.3, -0.25) is 0 Å². The summed E-state index contributed by atoms with van der Waals surface area (Å²) in [5, 5.41) is 3.33. The minimum atomic E-state index is 0.317. The number of aryl methyl sites for hydroxylation is 1. The molecular weight excluding hydrogens is 228 g/mol. The summed E-state index contributed by atoms with van der Waals surface area (Å²) >= 11 is 0. The Bertz CT molecular complexity index is 530. The minimum Gasteiger partial charge on any atom is -0.490 e. The summed E-state index contributed by atoms with van der Waals surface area (Å²) in [5.41, 5.74) is 1.72. The molecule has 1 fully saturated rings. The Kier molecular flexibility index (Phi) is 3.19. The molecular formula is C14H18N2O2. The number of oxazole rings is 1. The summed E-state index contributed by atoms with van der Waals surface area (Å²) in [4.78, 5) is 4.39. The maximum absolute atomic E-state index is 5.98. The fourth-order valence-corrected chi connectivity index (χ4v) is 2.28. The molecule has 0 spiro atoms. The van der Waals surface area contributed by atoms with Crippen LogP contribution in [0.3, 0.4) is 0 Å². The molecule has 1 aliphatic rings. The molecule has 0 atom stereocenters. The summed E-state index contributed by atoms with van der Waals surface area (Å²) in [5.74, 6) is 1.66. The van der Waals surface area contributed by atoms with Gasteiger partial charge in [-0.15, -0.1) is 0 Å². The number of nitrogens with one attached hydrogen (secondary N) is 1. The third kappa shape index (κ3) is 2.34. The molecule has 2 heterocycles. The summed E-state index contributed by atoms with van der Waals surface area (Å²) < 4.78 is 11.6. The molecule has 4 nitrogen and oxygen atoms in total. The SMILES string of the molecule is CCc1nc2ccc(OC3CCNCC3)cc2o1. The summed E-state index contributed by atoms with van der Waals surface area (Å²) in [6, 6.07) is 5.89. The van der Waals surface area contributed by atoms with Crippen LogP contribution in [0, 0.1) is 0 Å². The number of fused-ring (bicyclic) bond motifs is 1. The van der Waals surface area contributed by atoms with E-state index in [9.17, 15) is 0 Å². The number of benzene rings is 1. The lowest BCUT2D eigenvalue weighted by Crippen LogP contribution is -2.34. The van der Waals surface area contributed by atoms with E-state index >= 15 is 0 Å². The predicted octanol–water partition coefficient (Wildman–Crippen LogP) is 2.52. The van der Waals surface area contributed by atoms with Gasteiger partial charge in [0, 0.05) is 12.5 Å². The van der Waals surface area contributed by atoms with Crippen molar-refractivity contribution in [1.82, 2.24) is 10.3 Å². The lowest BCUT2D eigenvalue weighted by atomic mass is 10.1. The van der Waals surface area contributed by atoms with Gasteiger partial charge in [0.25, 0.3) is 0 Å². The first-order valence-corrected chi connectivity index (χ1v) is 6.62. The van der Waals surface area contributed by atoms with Gasteiger partial charge in [0.05, 0.1) is 0 Å². The average Bonchev–Trinajstić information content (AvgIpc) is 2.82. The Morgan fingerprint density at radius 1 is 1.39 bits per heavy atom. The Morgan fingerprint density at radius 2 is 2.22 bits per heavy atom. The molecule has 1 aromatic heterocycles. The molecule has 0 amide bonds. The normalized spacial score (nSPS) is 17.2. The van der Waals surface area contributed by atoms with E-state index in [2.05, 4.69) is 10.3 Å². The van der Waals surface area contributed by atoms with Crippen molar-refractivity contribution in [2.45, 2.75) is 32.3 Å². The van der Waals surface area contributed by atoms with Crippen molar-refractivity contribution in [3.05, 3.63) is 24.1 Å². The highest BCUT2D eigenvalue weighted by Crippen LogP contribution is 2.24. The molecule has 1 N–H and O–H groups in total. The van der Waals surface area contributed by atoms with Gasteiger partial charge in [-0.1, -0.05) is 6.92 Å². The van der Waals surface area contributed by atoms with Crippen molar-refractivity contribution in [3.8, 4) is 5.75 Å². The quantitative estimate of drug-likeness (QED) is 0.904. The van der Waals surface area contributed by atoms with E-state index in [1.54, 1.807) is 0 Å². The molecule has 0 saturated carbocycles. The van der Waals surface area contributed by atoms with Crippen LogP contribution in [0.5, 0.6) is 5.75 Å². The van der Waals surface area contributed by atoms with Crippen LogP contribution in [0.15, 0.2) is 22.6 Å². The van der Waals surface area contributed by atoms with Crippen molar-refractivity contribution in [3.63, 3.8) is 0 Å². The molecule has 0 bridgehead atoms. The lowest BCUT2D eigenvalue weighted by Gasteiger charge is -2.23. The van der Waals surface area contributed by atoms with Gasteiger partial charge in [-0.25, -0.2) is 4.98 Å². The van der Waals surface area contributed by atoms with Gasteiger partial charge in [0.2, 0.25) is 0 Å². The van der Waals surface area contributed by atoms with E-state index in [4.69, 9.17) is 9.15 Å². The highest BCUT2D eigenvalue weighted by atomic mass is 16.5. The van der Waals surface area contributed by atoms with Crippen molar-refractivity contribution in [2.24, 2.45) is 0 Å². The standard InChI is InChI=1S/C14H18N2O2/c1-2-14-16-12-4-3-11(9-13(12)18-14)17-10-5-7-15-8-6-10/h3-4,9-10,15H,2,5-8H2,1H3. The molecule has 1 aromatic carbocycles. The van der Waals surface area contributed by atoms with Crippen molar-refractivity contribution >= 4 is 11.1 Å². The Balaban J connectivity index is 1.79. The second-order valence-electron chi connectivity index (χ2n) is 4.66. The van der Waals surface area contributed by atoms with Crippen LogP contribution in [0.4, 0.5) is 0 Å². The van der Waals surface area contributed by atoms with Gasteiger partial charge in [0.15, 0.2) is 11.5 Å². The van der Waals surface area contributed by atoms with E-state index < -0.39 is 0 Å². The maximum atomic E-state index is 5.98. The number of ether oxygens (including phenoxy) is 1. The van der Waals surface area contributed by atoms with Crippen LogP contribution in [-0.2, 0) is 6.42 Å². The van der Waals surface area contributed by atoms with Gasteiger partial charge in [-0.2, -0.15) is 0 Å². The van der Waals surface area contributed by atoms with Crippen LogP contribution in [0.1, 0.15) is 25.7 Å². The van der Waals surface area contributed by atoms with Crippen LogP contribution in [0.25, 0.3) is 11.1 Å². The molecule has 3 rings (SSSR count). The van der Waals surface area contributed by atoms with Crippen molar-refractivity contribution in [2.75, 3.05) is 13.1 Å². The topological polar surface area (TPSA) is 47.3 Å². The second kappa shape index (κ2) is 4.98. The van der Waals surface area contributed by atoms with E-state index in [0.717, 1.165) is 55.1 Å². The average molecular weight is 246 g/mol. The van der Waals surface area contributed by atoms with Crippen LogP contribution in [0.2, 0.25) is 0 Å². The van der Waals surface area contributed by atoms with Gasteiger partial charge in [0.1, 0.15) is 17.4 Å². The van der Waals surface area contributed by atoms with Crippen molar-refractivity contribution in [1.29, 1.82) is 0 Å². The molecule has 96 valence electrons. The third-order valence-corrected chi connectivity index (χ3v) is 3.30. The number of piperidine rings is 1. The van der Waals surface area contributed by atoms with Gasteiger partial charge >= 0.3 is 0 Å². The molecule has 18 heavy (non-hydrogen) atoms. The highest BCUT2D eigenvalue weighted by molar-refractivity contribution is 5.74. The van der Waals surface area contributed by atoms with Crippen LogP contribution >= 0.6 is 0 Å². The maximum Gasteiger partial charge on any atom is 0.195 e. The van der Waals surface area contributed by atoms with E-state index in [1.807, 2.05) is 25.1 Å². The first-order chi connectivity index (χ1) is 8.85. The zero-order valence-corrected chi connectivity index (χ0v) is 10.6. The largest absolute Gasteiger partial charge is 0.490 e. The first-order valence-electron chi connectivity index (χ1n) is 6.62. The summed E-state index contributed by atoms with van der Waals surface area (Å²) in [6.07, 6.45) is 3.26. The van der Waals surface area contributed by atoms with Crippen LogP contribution < -0.4 is 10.1 Å². The molecule has 0 unspecified atom stereocenters. The fraction of sp³-hybridized carbons (Fsp3) is 0.500. The van der Waals surface area contributed by atoms with E-state index in [1.165, 1.54) is 0 Å². The summed E-state index contributed by atoms with van der Waals surface area (Å²) in [7, 11) is 0. The van der Waals surface area contributed by atoms with Gasteiger partial charge in [-0.05, 0) is 38.1 Å². The molecule has 0 aliphatic carbocycles. The second-order valence-corrected chi connectivity index (χ2v) is 4.66. The minimum absolute atomic E-state index is 0.317. The van der Waals surface area contributed by atoms with E-state index in [0.29, 0.717) is 6.10 Å². The van der Waals surface area contributed by atoms with Crippen LogP contribution in [-0.4, -0.2) is 24.2 Å². The number of nitrogens with zero attached hydrogens (tertiary/aromatic N) is 1. The zero-order valence-electron chi connectivity index (χ0n) is 10.6. The molecule has 2 aromatic rings. The Morgan fingerprint density at radius 3 is 3.00 bits per heavy atom. The number of aromatic nitrogens is 1. The van der Waals surface area contributed by atoms with Crippen molar-refractivity contribution < 1.29 is 9.15 Å². The Labute approximate surface area is 106 Å².